The van der Waals surface area contributed by atoms with Gasteiger partial charge in [-0.2, -0.15) is 5.26 Å². The maximum Gasteiger partial charge on any atom is 0.0997 e. The van der Waals surface area contributed by atoms with Crippen LogP contribution in [-0.4, -0.2) is 13.1 Å². The number of hydrogen-bond donors (Lipinski definition) is 1. The Bertz CT molecular complexity index is 426. The Morgan fingerprint density at radius 2 is 2.12 bits per heavy atom. The van der Waals surface area contributed by atoms with Crippen molar-refractivity contribution >= 4 is 5.57 Å². The van der Waals surface area contributed by atoms with Crippen molar-refractivity contribution in [1.29, 1.82) is 5.26 Å². The van der Waals surface area contributed by atoms with E-state index in [1.165, 1.54) is 5.57 Å². The first-order chi connectivity index (χ1) is 7.83. The van der Waals surface area contributed by atoms with Crippen LogP contribution in [0.2, 0.25) is 0 Å². The number of nitriles is 1. The van der Waals surface area contributed by atoms with Crippen LogP contribution in [0, 0.1) is 17.2 Å². The predicted molar refractivity (Wildman–Crippen MR) is 65.6 cm³/mol. The lowest BCUT2D eigenvalue weighted by molar-refractivity contribution is 0.504. The summed E-state index contributed by atoms with van der Waals surface area (Å²) in [5.41, 5.74) is 3.22. The van der Waals surface area contributed by atoms with E-state index in [4.69, 9.17) is 0 Å². The van der Waals surface area contributed by atoms with E-state index in [9.17, 15) is 5.26 Å². The Labute approximate surface area is 96.6 Å². The first-order valence-electron chi connectivity index (χ1n) is 5.72. The van der Waals surface area contributed by atoms with Crippen molar-refractivity contribution < 1.29 is 0 Å². The molecule has 82 valence electrons. The van der Waals surface area contributed by atoms with Gasteiger partial charge in [-0.05, 0) is 30.0 Å². The zero-order chi connectivity index (χ0) is 11.4. The second-order valence-electron chi connectivity index (χ2n) is 4.23. The zero-order valence-corrected chi connectivity index (χ0v) is 9.53. The molecule has 1 aromatic rings. The molecule has 1 saturated heterocycles. The molecule has 0 amide bonds. The van der Waals surface area contributed by atoms with Gasteiger partial charge in [0.2, 0.25) is 0 Å². The van der Waals surface area contributed by atoms with Gasteiger partial charge in [0.25, 0.3) is 0 Å². The summed E-state index contributed by atoms with van der Waals surface area (Å²) in [6.45, 7) is 4.15. The molecule has 2 nitrogen and oxygen atoms in total. The van der Waals surface area contributed by atoms with Crippen LogP contribution in [0.25, 0.3) is 5.57 Å². The lowest BCUT2D eigenvalue weighted by Crippen LogP contribution is -2.30. The Kier molecular flexibility index (Phi) is 3.38. The molecule has 16 heavy (non-hydrogen) atoms. The minimum Gasteiger partial charge on any atom is -0.316 e. The van der Waals surface area contributed by atoms with Crippen LogP contribution in [-0.2, 0) is 0 Å². The van der Waals surface area contributed by atoms with Gasteiger partial charge in [-0.15, -0.1) is 0 Å². The van der Waals surface area contributed by atoms with Crippen molar-refractivity contribution in [2.75, 3.05) is 13.1 Å². The van der Waals surface area contributed by atoms with E-state index in [-0.39, 0.29) is 0 Å². The molecule has 0 aliphatic carbocycles. The predicted octanol–water partition coefficient (Wildman–Crippen LogP) is 2.59. The normalized spacial score (nSPS) is 23.6. The topological polar surface area (TPSA) is 35.8 Å². The molecule has 0 bridgehead atoms. The average molecular weight is 212 g/mol. The maximum absolute atomic E-state index is 9.32. The van der Waals surface area contributed by atoms with E-state index in [0.717, 1.165) is 30.6 Å². The average Bonchev–Trinajstić information content (AvgIpc) is 2.34. The molecule has 1 heterocycles. The molecule has 1 atom stereocenters. The van der Waals surface area contributed by atoms with Gasteiger partial charge in [0.05, 0.1) is 11.6 Å². The number of nitrogens with one attached hydrogen (secondary N) is 1. The van der Waals surface area contributed by atoms with E-state index in [1.54, 1.807) is 0 Å². The van der Waals surface area contributed by atoms with Gasteiger partial charge in [0, 0.05) is 6.54 Å². The van der Waals surface area contributed by atoms with E-state index in [2.05, 4.69) is 18.3 Å². The highest BCUT2D eigenvalue weighted by atomic mass is 14.9. The molecule has 2 rings (SSSR count). The summed E-state index contributed by atoms with van der Waals surface area (Å²) in [6.07, 6.45) is 0.985. The first-order valence-corrected chi connectivity index (χ1v) is 5.72. The third kappa shape index (κ3) is 2.15. The summed E-state index contributed by atoms with van der Waals surface area (Å²) in [6, 6.07) is 12.4. The smallest absolute Gasteiger partial charge is 0.0997 e. The second kappa shape index (κ2) is 4.96. The largest absolute Gasteiger partial charge is 0.316 e. The van der Waals surface area contributed by atoms with Gasteiger partial charge < -0.3 is 5.32 Å². The third-order valence-electron chi connectivity index (χ3n) is 3.11. The number of hydrogen-bond acceptors (Lipinski definition) is 2. The quantitative estimate of drug-likeness (QED) is 0.726. The van der Waals surface area contributed by atoms with Gasteiger partial charge in [-0.3, -0.25) is 0 Å². The van der Waals surface area contributed by atoms with Crippen molar-refractivity contribution in [3.8, 4) is 6.07 Å². The second-order valence-corrected chi connectivity index (χ2v) is 4.23. The lowest BCUT2D eigenvalue weighted by atomic mass is 9.88. The molecule has 1 aromatic carbocycles. The van der Waals surface area contributed by atoms with Gasteiger partial charge in [-0.25, -0.2) is 0 Å². The molecule has 0 aromatic heterocycles. The van der Waals surface area contributed by atoms with E-state index in [1.807, 2.05) is 30.3 Å². The third-order valence-corrected chi connectivity index (χ3v) is 3.11. The zero-order valence-electron chi connectivity index (χ0n) is 9.53. The van der Waals surface area contributed by atoms with Gasteiger partial charge >= 0.3 is 0 Å². The minimum absolute atomic E-state index is 0.462. The molecule has 0 spiro atoms. The van der Waals surface area contributed by atoms with Crippen LogP contribution in [0.3, 0.4) is 0 Å². The van der Waals surface area contributed by atoms with Crippen molar-refractivity contribution in [2.45, 2.75) is 13.3 Å². The monoisotopic (exact) mass is 212 g/mol. The number of nitrogens with zero attached hydrogens (tertiary/aromatic N) is 1. The summed E-state index contributed by atoms with van der Waals surface area (Å²) < 4.78 is 0. The maximum atomic E-state index is 9.32. The molecule has 1 fully saturated rings. The van der Waals surface area contributed by atoms with Crippen LogP contribution in [0.15, 0.2) is 35.9 Å². The number of benzene rings is 1. The SMILES string of the molecule is CC1CNCCC1=C(C#N)c1ccccc1. The summed E-state index contributed by atoms with van der Waals surface area (Å²) in [4.78, 5) is 0. The molecule has 1 N–H and O–H groups in total. The van der Waals surface area contributed by atoms with Crippen LogP contribution in [0.1, 0.15) is 18.9 Å². The van der Waals surface area contributed by atoms with Gasteiger partial charge in [0.1, 0.15) is 0 Å². The molecule has 1 unspecified atom stereocenters. The summed E-state index contributed by atoms with van der Waals surface area (Å²) in [5.74, 6) is 0.462. The van der Waals surface area contributed by atoms with Crippen LogP contribution < -0.4 is 5.32 Å². The van der Waals surface area contributed by atoms with Crippen molar-refractivity contribution in [2.24, 2.45) is 5.92 Å². The van der Waals surface area contributed by atoms with Gasteiger partial charge in [0.15, 0.2) is 0 Å². The standard InChI is InChI=1S/C14H16N2/c1-11-10-16-8-7-13(11)14(9-15)12-5-3-2-4-6-12/h2-6,11,16H,7-8,10H2,1H3. The number of piperidine rings is 1. The Balaban J connectivity index is 2.42. The van der Waals surface area contributed by atoms with E-state index in [0.29, 0.717) is 5.92 Å². The fourth-order valence-electron chi connectivity index (χ4n) is 2.21. The van der Waals surface area contributed by atoms with E-state index < -0.39 is 0 Å². The summed E-state index contributed by atoms with van der Waals surface area (Å²) >= 11 is 0. The highest BCUT2D eigenvalue weighted by Gasteiger charge is 2.18. The lowest BCUT2D eigenvalue weighted by Gasteiger charge is -2.24. The number of allylic oxidation sites excluding steroid dienone is 1. The Morgan fingerprint density at radius 1 is 1.38 bits per heavy atom. The van der Waals surface area contributed by atoms with E-state index >= 15 is 0 Å². The summed E-state index contributed by atoms with van der Waals surface area (Å²) in [7, 11) is 0. The Hall–Kier alpha value is -1.59. The Morgan fingerprint density at radius 3 is 2.75 bits per heavy atom. The van der Waals surface area contributed by atoms with Crippen LogP contribution in [0.4, 0.5) is 0 Å². The molecular formula is C14H16N2. The molecule has 0 radical (unpaired) electrons. The highest BCUT2D eigenvalue weighted by Crippen LogP contribution is 2.27. The first kappa shape index (κ1) is 10.9. The fraction of sp³-hybridized carbons (Fsp3) is 0.357. The molecular weight excluding hydrogens is 196 g/mol. The van der Waals surface area contributed by atoms with Crippen molar-refractivity contribution in [3.05, 3.63) is 41.5 Å². The van der Waals surface area contributed by atoms with Crippen LogP contribution in [0.5, 0.6) is 0 Å². The van der Waals surface area contributed by atoms with Crippen molar-refractivity contribution in [3.63, 3.8) is 0 Å². The van der Waals surface area contributed by atoms with Crippen molar-refractivity contribution in [1.82, 2.24) is 5.32 Å². The van der Waals surface area contributed by atoms with Crippen LogP contribution >= 0.6 is 0 Å². The summed E-state index contributed by atoms with van der Waals surface area (Å²) in [5, 5.41) is 12.7. The number of rotatable bonds is 1. The molecule has 1 aliphatic heterocycles. The molecule has 1 aliphatic rings. The van der Waals surface area contributed by atoms with Gasteiger partial charge in [-0.1, -0.05) is 37.3 Å². The fourth-order valence-corrected chi connectivity index (χ4v) is 2.21. The molecule has 2 heteroatoms. The minimum atomic E-state index is 0.462. The highest BCUT2D eigenvalue weighted by molar-refractivity contribution is 5.79. The molecule has 0 saturated carbocycles.